The van der Waals surface area contributed by atoms with E-state index < -0.39 is 0 Å². The fraction of sp³-hybridized carbons (Fsp3) is 0.296. The predicted octanol–water partition coefficient (Wildman–Crippen LogP) is 3.17. The second-order valence-corrected chi connectivity index (χ2v) is 8.28. The van der Waals surface area contributed by atoms with Crippen molar-refractivity contribution in [2.24, 2.45) is 0 Å². The Morgan fingerprint density at radius 3 is 2.25 bits per heavy atom. The lowest BCUT2D eigenvalue weighted by Crippen LogP contribution is -3.13. The molecule has 0 atom stereocenters. The van der Waals surface area contributed by atoms with E-state index in [1.807, 2.05) is 36.4 Å². The topological polar surface area (TPSA) is 46.0 Å². The van der Waals surface area contributed by atoms with Crippen LogP contribution in [0.25, 0.3) is 0 Å². The fourth-order valence-corrected chi connectivity index (χ4v) is 4.07. The molecule has 0 bridgehead atoms. The van der Waals surface area contributed by atoms with Crippen LogP contribution in [0.1, 0.15) is 18.1 Å². The Labute approximate surface area is 190 Å². The van der Waals surface area contributed by atoms with Gasteiger partial charge in [-0.2, -0.15) is 0 Å². The largest absolute Gasteiger partial charge is 0.484 e. The Morgan fingerprint density at radius 1 is 0.906 bits per heavy atom. The van der Waals surface area contributed by atoms with Gasteiger partial charge in [-0.05, 0) is 48.4 Å². The highest BCUT2D eigenvalue weighted by atomic mass is 16.5. The summed E-state index contributed by atoms with van der Waals surface area (Å²) >= 11 is 0. The third-order valence-corrected chi connectivity index (χ3v) is 5.99. The highest BCUT2D eigenvalue weighted by molar-refractivity contribution is 5.92. The lowest BCUT2D eigenvalue weighted by atomic mass is 10.2. The number of carbonyl (C=O) groups excluding carboxylic acids is 1. The lowest BCUT2D eigenvalue weighted by molar-refractivity contribution is -0.914. The first-order valence-electron chi connectivity index (χ1n) is 11.4. The van der Waals surface area contributed by atoms with E-state index in [-0.39, 0.29) is 12.5 Å². The van der Waals surface area contributed by atoms with Gasteiger partial charge in [0.15, 0.2) is 6.61 Å². The predicted molar refractivity (Wildman–Crippen MR) is 129 cm³/mol. The van der Waals surface area contributed by atoms with Crippen molar-refractivity contribution in [1.29, 1.82) is 0 Å². The monoisotopic (exact) mass is 430 g/mol. The molecule has 0 aliphatic carbocycles. The van der Waals surface area contributed by atoms with Gasteiger partial charge in [0.1, 0.15) is 12.3 Å². The van der Waals surface area contributed by atoms with E-state index >= 15 is 0 Å². The minimum atomic E-state index is -0.157. The van der Waals surface area contributed by atoms with Gasteiger partial charge < -0.3 is 19.9 Å². The first-order chi connectivity index (χ1) is 15.7. The molecule has 1 amide bonds. The van der Waals surface area contributed by atoms with Crippen molar-refractivity contribution in [2.45, 2.75) is 19.9 Å². The molecule has 0 saturated carbocycles. The average molecular weight is 431 g/mol. The van der Waals surface area contributed by atoms with Gasteiger partial charge in [-0.25, -0.2) is 0 Å². The van der Waals surface area contributed by atoms with Crippen LogP contribution in [-0.2, 0) is 17.8 Å². The highest BCUT2D eigenvalue weighted by Crippen LogP contribution is 2.18. The standard InChI is InChI=1S/C27H31N3O2/c1-2-22-8-14-26(15-9-22)32-21-27(31)28-24-10-12-25(13-11-24)30-18-16-29(17-19-30)20-23-6-4-3-5-7-23/h3-15H,2,16-21H2,1H3,(H,28,31)/p+1. The van der Waals surface area contributed by atoms with Crippen LogP contribution in [0.2, 0.25) is 0 Å². The molecule has 166 valence electrons. The van der Waals surface area contributed by atoms with Crippen molar-refractivity contribution in [1.82, 2.24) is 0 Å². The summed E-state index contributed by atoms with van der Waals surface area (Å²) in [5, 5.41) is 2.91. The summed E-state index contributed by atoms with van der Waals surface area (Å²) in [4.78, 5) is 16.3. The molecule has 32 heavy (non-hydrogen) atoms. The van der Waals surface area contributed by atoms with Crippen LogP contribution in [-0.4, -0.2) is 38.7 Å². The number of amides is 1. The maximum atomic E-state index is 12.2. The van der Waals surface area contributed by atoms with Gasteiger partial charge in [0.05, 0.1) is 26.2 Å². The fourth-order valence-electron chi connectivity index (χ4n) is 4.07. The van der Waals surface area contributed by atoms with Crippen molar-refractivity contribution in [3.05, 3.63) is 90.0 Å². The van der Waals surface area contributed by atoms with Crippen LogP contribution < -0.4 is 19.9 Å². The highest BCUT2D eigenvalue weighted by Gasteiger charge is 2.20. The molecular weight excluding hydrogens is 398 g/mol. The SMILES string of the molecule is CCc1ccc(OCC(=O)Nc2ccc(N3CC[NH+](Cc4ccccc4)CC3)cc2)cc1. The molecule has 0 spiro atoms. The number of hydrogen-bond donors (Lipinski definition) is 2. The maximum absolute atomic E-state index is 12.2. The van der Waals surface area contributed by atoms with Crippen LogP contribution >= 0.6 is 0 Å². The van der Waals surface area contributed by atoms with E-state index in [2.05, 4.69) is 59.6 Å². The molecule has 1 aliphatic rings. The zero-order chi connectivity index (χ0) is 22.2. The number of aryl methyl sites for hydroxylation is 1. The molecule has 1 saturated heterocycles. The minimum absolute atomic E-state index is 0.000621. The average Bonchev–Trinajstić information content (AvgIpc) is 2.85. The molecule has 1 fully saturated rings. The lowest BCUT2D eigenvalue weighted by Gasteiger charge is -2.33. The van der Waals surface area contributed by atoms with Crippen molar-refractivity contribution >= 4 is 17.3 Å². The summed E-state index contributed by atoms with van der Waals surface area (Å²) in [5.74, 6) is 0.552. The van der Waals surface area contributed by atoms with Gasteiger partial charge in [-0.3, -0.25) is 4.79 Å². The van der Waals surface area contributed by atoms with E-state index in [0.717, 1.165) is 44.8 Å². The molecule has 3 aromatic rings. The number of nitrogens with zero attached hydrogens (tertiary/aromatic N) is 1. The molecule has 5 nitrogen and oxygen atoms in total. The van der Waals surface area contributed by atoms with E-state index in [0.29, 0.717) is 5.75 Å². The Bertz CT molecular complexity index is 980. The van der Waals surface area contributed by atoms with Crippen LogP contribution in [0, 0.1) is 0 Å². The van der Waals surface area contributed by atoms with Crippen molar-refractivity contribution in [3.63, 3.8) is 0 Å². The molecule has 4 rings (SSSR count). The minimum Gasteiger partial charge on any atom is -0.484 e. The summed E-state index contributed by atoms with van der Waals surface area (Å²) in [5.41, 5.74) is 4.64. The van der Waals surface area contributed by atoms with Gasteiger partial charge >= 0.3 is 0 Å². The van der Waals surface area contributed by atoms with Crippen LogP contribution in [0.4, 0.5) is 11.4 Å². The molecule has 0 aromatic heterocycles. The smallest absolute Gasteiger partial charge is 0.262 e. The van der Waals surface area contributed by atoms with Crippen LogP contribution in [0.3, 0.4) is 0 Å². The van der Waals surface area contributed by atoms with Gasteiger partial charge in [0, 0.05) is 16.9 Å². The van der Waals surface area contributed by atoms with Crippen molar-refractivity contribution in [3.8, 4) is 5.75 Å². The Kier molecular flexibility index (Phi) is 7.41. The number of ether oxygens (including phenoxy) is 1. The Morgan fingerprint density at radius 2 is 1.59 bits per heavy atom. The molecule has 0 radical (unpaired) electrons. The molecule has 0 unspecified atom stereocenters. The Hall–Kier alpha value is -3.31. The second kappa shape index (κ2) is 10.8. The molecule has 1 aliphatic heterocycles. The van der Waals surface area contributed by atoms with E-state index in [9.17, 15) is 4.79 Å². The van der Waals surface area contributed by atoms with Gasteiger partial charge in [0.25, 0.3) is 5.91 Å². The van der Waals surface area contributed by atoms with Crippen molar-refractivity contribution in [2.75, 3.05) is 43.0 Å². The maximum Gasteiger partial charge on any atom is 0.262 e. The molecule has 2 N–H and O–H groups in total. The second-order valence-electron chi connectivity index (χ2n) is 8.28. The third kappa shape index (κ3) is 6.11. The molecule has 3 aromatic carbocycles. The van der Waals surface area contributed by atoms with E-state index in [1.165, 1.54) is 16.8 Å². The summed E-state index contributed by atoms with van der Waals surface area (Å²) in [7, 11) is 0. The number of nitrogens with one attached hydrogen (secondary N) is 2. The zero-order valence-corrected chi connectivity index (χ0v) is 18.7. The van der Waals surface area contributed by atoms with E-state index in [4.69, 9.17) is 4.74 Å². The first-order valence-corrected chi connectivity index (χ1v) is 11.4. The van der Waals surface area contributed by atoms with Crippen molar-refractivity contribution < 1.29 is 14.4 Å². The number of piperazine rings is 1. The van der Waals surface area contributed by atoms with Gasteiger partial charge in [-0.1, -0.05) is 49.4 Å². The summed E-state index contributed by atoms with van der Waals surface area (Å²) < 4.78 is 5.59. The summed E-state index contributed by atoms with van der Waals surface area (Å²) in [6, 6.07) is 26.7. The number of anilines is 2. The van der Waals surface area contributed by atoms with Gasteiger partial charge in [-0.15, -0.1) is 0 Å². The summed E-state index contributed by atoms with van der Waals surface area (Å²) in [6.07, 6.45) is 0.987. The van der Waals surface area contributed by atoms with Gasteiger partial charge in [0.2, 0.25) is 0 Å². The number of hydrogen-bond acceptors (Lipinski definition) is 3. The molecule has 5 heteroatoms. The quantitative estimate of drug-likeness (QED) is 0.577. The van der Waals surface area contributed by atoms with E-state index in [1.54, 1.807) is 4.90 Å². The number of quaternary nitrogens is 1. The normalized spacial score (nSPS) is 14.2. The van der Waals surface area contributed by atoms with Crippen LogP contribution in [0.5, 0.6) is 5.75 Å². The zero-order valence-electron chi connectivity index (χ0n) is 18.7. The number of rotatable bonds is 8. The molecular formula is C27H32N3O2+. The molecule has 1 heterocycles. The Balaban J connectivity index is 1.22. The number of carbonyl (C=O) groups is 1. The van der Waals surface area contributed by atoms with Crippen LogP contribution in [0.15, 0.2) is 78.9 Å². The third-order valence-electron chi connectivity index (χ3n) is 5.99. The first kappa shape index (κ1) is 21.9. The summed E-state index contributed by atoms with van der Waals surface area (Å²) in [6.45, 7) is 7.54. The number of benzene rings is 3.